The predicted molar refractivity (Wildman–Crippen MR) is 65.7 cm³/mol. The second-order valence-corrected chi connectivity index (χ2v) is 3.72. The molecule has 0 aromatic heterocycles. The molecule has 1 amide bonds. The van der Waals surface area contributed by atoms with Crippen LogP contribution in [-0.4, -0.2) is 32.8 Å². The zero-order valence-electron chi connectivity index (χ0n) is 10.6. The molecule has 0 fully saturated rings. The van der Waals surface area contributed by atoms with Crippen LogP contribution in [0.25, 0.3) is 0 Å². The Labute approximate surface area is 106 Å². The maximum absolute atomic E-state index is 13.1. The lowest BCUT2D eigenvalue weighted by Gasteiger charge is -2.16. The van der Waals surface area contributed by atoms with Gasteiger partial charge in [0.1, 0.15) is 12.4 Å². The summed E-state index contributed by atoms with van der Waals surface area (Å²) in [6.07, 6.45) is -0.369. The van der Waals surface area contributed by atoms with Crippen LogP contribution in [0.2, 0.25) is 0 Å². The van der Waals surface area contributed by atoms with Crippen LogP contribution in [0.15, 0.2) is 24.3 Å². The van der Waals surface area contributed by atoms with Gasteiger partial charge in [-0.1, -0.05) is 12.1 Å². The lowest BCUT2D eigenvalue weighted by molar-refractivity contribution is -0.126. The SMILES string of the molecule is CCOCC(=O)NC[C@@H](OC)c1cccc(F)c1. The zero-order valence-corrected chi connectivity index (χ0v) is 10.6. The molecule has 0 saturated heterocycles. The van der Waals surface area contributed by atoms with Crippen LogP contribution in [0.3, 0.4) is 0 Å². The van der Waals surface area contributed by atoms with E-state index >= 15 is 0 Å². The van der Waals surface area contributed by atoms with Crippen molar-refractivity contribution in [2.45, 2.75) is 13.0 Å². The Morgan fingerprint density at radius 1 is 1.50 bits per heavy atom. The topological polar surface area (TPSA) is 47.6 Å². The zero-order chi connectivity index (χ0) is 13.4. The fourth-order valence-corrected chi connectivity index (χ4v) is 1.50. The van der Waals surface area contributed by atoms with Crippen molar-refractivity contribution >= 4 is 5.91 Å². The van der Waals surface area contributed by atoms with E-state index in [2.05, 4.69) is 5.32 Å². The summed E-state index contributed by atoms with van der Waals surface area (Å²) >= 11 is 0. The summed E-state index contributed by atoms with van der Waals surface area (Å²) in [6, 6.07) is 6.12. The molecule has 0 spiro atoms. The second-order valence-electron chi connectivity index (χ2n) is 3.72. The van der Waals surface area contributed by atoms with Gasteiger partial charge < -0.3 is 14.8 Å². The fraction of sp³-hybridized carbons (Fsp3) is 0.462. The third-order valence-electron chi connectivity index (χ3n) is 2.43. The van der Waals surface area contributed by atoms with Crippen LogP contribution in [0.1, 0.15) is 18.6 Å². The van der Waals surface area contributed by atoms with Gasteiger partial charge in [0.2, 0.25) is 5.91 Å². The van der Waals surface area contributed by atoms with Crippen molar-refractivity contribution in [3.63, 3.8) is 0 Å². The molecule has 0 aliphatic rings. The van der Waals surface area contributed by atoms with Gasteiger partial charge in [0.15, 0.2) is 0 Å². The van der Waals surface area contributed by atoms with Gasteiger partial charge in [0.25, 0.3) is 0 Å². The number of hydrogen-bond acceptors (Lipinski definition) is 3. The molecule has 0 saturated carbocycles. The minimum Gasteiger partial charge on any atom is -0.375 e. The molecule has 5 heteroatoms. The van der Waals surface area contributed by atoms with Crippen molar-refractivity contribution in [1.82, 2.24) is 5.32 Å². The van der Waals surface area contributed by atoms with Crippen molar-refractivity contribution in [3.05, 3.63) is 35.6 Å². The van der Waals surface area contributed by atoms with E-state index in [1.54, 1.807) is 12.1 Å². The number of hydrogen-bond donors (Lipinski definition) is 1. The fourth-order valence-electron chi connectivity index (χ4n) is 1.50. The third kappa shape index (κ3) is 4.81. The van der Waals surface area contributed by atoms with E-state index in [1.165, 1.54) is 19.2 Å². The molecular weight excluding hydrogens is 237 g/mol. The molecule has 4 nitrogen and oxygen atoms in total. The highest BCUT2D eigenvalue weighted by Gasteiger charge is 2.12. The maximum Gasteiger partial charge on any atom is 0.246 e. The maximum atomic E-state index is 13.1. The summed E-state index contributed by atoms with van der Waals surface area (Å²) < 4.78 is 23.3. The molecule has 0 bridgehead atoms. The molecule has 1 aromatic rings. The summed E-state index contributed by atoms with van der Waals surface area (Å²) in [5.41, 5.74) is 0.689. The molecule has 100 valence electrons. The number of benzene rings is 1. The molecule has 1 atom stereocenters. The average molecular weight is 255 g/mol. The highest BCUT2D eigenvalue weighted by molar-refractivity contribution is 5.77. The number of amides is 1. The van der Waals surface area contributed by atoms with E-state index in [9.17, 15) is 9.18 Å². The predicted octanol–water partition coefficient (Wildman–Crippen LogP) is 1.67. The van der Waals surface area contributed by atoms with Crippen molar-refractivity contribution < 1.29 is 18.7 Å². The number of methoxy groups -OCH3 is 1. The van der Waals surface area contributed by atoms with E-state index in [4.69, 9.17) is 9.47 Å². The van der Waals surface area contributed by atoms with E-state index in [1.807, 2.05) is 6.92 Å². The molecule has 1 aromatic carbocycles. The van der Waals surface area contributed by atoms with E-state index in [-0.39, 0.29) is 31.0 Å². The van der Waals surface area contributed by atoms with Gasteiger partial charge in [-0.3, -0.25) is 4.79 Å². The van der Waals surface area contributed by atoms with Gasteiger partial charge in [0, 0.05) is 20.3 Å². The largest absolute Gasteiger partial charge is 0.375 e. The van der Waals surface area contributed by atoms with Crippen LogP contribution in [0.5, 0.6) is 0 Å². The molecule has 0 heterocycles. The molecule has 0 unspecified atom stereocenters. The molecular formula is C13H18FNO3. The molecule has 1 N–H and O–H groups in total. The Morgan fingerprint density at radius 2 is 2.28 bits per heavy atom. The lowest BCUT2D eigenvalue weighted by Crippen LogP contribution is -2.32. The van der Waals surface area contributed by atoms with Gasteiger partial charge >= 0.3 is 0 Å². The first kappa shape index (κ1) is 14.6. The van der Waals surface area contributed by atoms with Gasteiger partial charge in [-0.15, -0.1) is 0 Å². The van der Waals surface area contributed by atoms with E-state index in [0.717, 1.165) is 0 Å². The third-order valence-corrected chi connectivity index (χ3v) is 2.43. The van der Waals surface area contributed by atoms with Crippen molar-refractivity contribution in [1.29, 1.82) is 0 Å². The summed E-state index contributed by atoms with van der Waals surface area (Å²) in [5.74, 6) is -0.537. The van der Waals surface area contributed by atoms with Gasteiger partial charge in [-0.05, 0) is 24.6 Å². The summed E-state index contributed by atoms with van der Waals surface area (Å²) in [4.78, 5) is 11.4. The monoisotopic (exact) mass is 255 g/mol. The minimum absolute atomic E-state index is 0.0239. The van der Waals surface area contributed by atoms with Gasteiger partial charge in [0.05, 0.1) is 6.10 Å². The van der Waals surface area contributed by atoms with Gasteiger partial charge in [-0.25, -0.2) is 4.39 Å². The summed E-state index contributed by atoms with van der Waals surface area (Å²) in [7, 11) is 1.52. The lowest BCUT2D eigenvalue weighted by atomic mass is 10.1. The highest BCUT2D eigenvalue weighted by Crippen LogP contribution is 2.16. The van der Waals surface area contributed by atoms with Gasteiger partial charge in [-0.2, -0.15) is 0 Å². The number of halogens is 1. The first-order valence-electron chi connectivity index (χ1n) is 5.80. The molecule has 0 aliphatic heterocycles. The standard InChI is InChI=1S/C13H18FNO3/c1-3-18-9-13(16)15-8-12(17-2)10-5-4-6-11(14)7-10/h4-7,12H,3,8-9H2,1-2H3,(H,15,16)/t12-/m1/s1. The second kappa shape index (κ2) is 7.79. The molecule has 0 aliphatic carbocycles. The Morgan fingerprint density at radius 3 is 2.89 bits per heavy atom. The average Bonchev–Trinajstić information content (AvgIpc) is 2.37. The Bertz CT molecular complexity index is 384. The minimum atomic E-state index is -0.369. The van der Waals surface area contributed by atoms with Crippen molar-refractivity contribution in [2.75, 3.05) is 26.9 Å². The van der Waals surface area contributed by atoms with Crippen molar-refractivity contribution in [2.24, 2.45) is 0 Å². The number of rotatable bonds is 7. The van der Waals surface area contributed by atoms with E-state index < -0.39 is 0 Å². The molecule has 1 rings (SSSR count). The van der Waals surface area contributed by atoms with Crippen molar-refractivity contribution in [3.8, 4) is 0 Å². The van der Waals surface area contributed by atoms with Crippen LogP contribution in [0.4, 0.5) is 4.39 Å². The van der Waals surface area contributed by atoms with Crippen LogP contribution >= 0.6 is 0 Å². The summed E-state index contributed by atoms with van der Waals surface area (Å²) in [6.45, 7) is 2.62. The normalized spacial score (nSPS) is 12.2. The van der Waals surface area contributed by atoms with Crippen LogP contribution < -0.4 is 5.32 Å². The quantitative estimate of drug-likeness (QED) is 0.806. The first-order chi connectivity index (χ1) is 8.67. The van der Waals surface area contributed by atoms with Crippen LogP contribution in [-0.2, 0) is 14.3 Å². The highest BCUT2D eigenvalue weighted by atomic mass is 19.1. The molecule has 18 heavy (non-hydrogen) atoms. The first-order valence-corrected chi connectivity index (χ1v) is 5.80. The smallest absolute Gasteiger partial charge is 0.246 e. The Hall–Kier alpha value is -1.46. The Kier molecular flexibility index (Phi) is 6.32. The van der Waals surface area contributed by atoms with Crippen LogP contribution in [0, 0.1) is 5.82 Å². The number of carbonyl (C=O) groups is 1. The molecule has 0 radical (unpaired) electrons. The van der Waals surface area contributed by atoms with E-state index in [0.29, 0.717) is 12.2 Å². The summed E-state index contributed by atoms with van der Waals surface area (Å²) in [5, 5.41) is 2.68. The number of nitrogens with one attached hydrogen (secondary N) is 1. The number of carbonyl (C=O) groups excluding carboxylic acids is 1. The Balaban J connectivity index is 2.50. The number of ether oxygens (including phenoxy) is 2.